The number of hydrogen-bond donors (Lipinski definition) is 0. The summed E-state index contributed by atoms with van der Waals surface area (Å²) in [7, 11) is 0. The first-order valence-corrected chi connectivity index (χ1v) is 11.7. The quantitative estimate of drug-likeness (QED) is 0.649. The molecule has 5 rings (SSSR count). The number of benzene rings is 1. The van der Waals surface area contributed by atoms with E-state index < -0.39 is 0 Å². The topological polar surface area (TPSA) is 41.9 Å². The lowest BCUT2D eigenvalue weighted by molar-refractivity contribution is -0.149. The number of ether oxygens (including phenoxy) is 1. The zero-order valence-electron chi connectivity index (χ0n) is 17.3. The number of fused-ring (bicyclic) bond motifs is 3. The van der Waals surface area contributed by atoms with E-state index in [-0.39, 0.29) is 17.4 Å². The molecule has 2 saturated carbocycles. The van der Waals surface area contributed by atoms with Crippen LogP contribution in [0.2, 0.25) is 5.02 Å². The highest BCUT2D eigenvalue weighted by Crippen LogP contribution is 2.63. The molecule has 0 amide bonds. The maximum Gasteiger partial charge on any atom is 0.310 e. The average Bonchev–Trinajstić information content (AvgIpc) is 3.45. The van der Waals surface area contributed by atoms with Gasteiger partial charge in [0.15, 0.2) is 0 Å². The zero-order valence-corrected chi connectivity index (χ0v) is 18.0. The Kier molecular flexibility index (Phi) is 5.09. The lowest BCUT2D eigenvalue weighted by Crippen LogP contribution is -2.42. The average molecular weight is 415 g/mol. The van der Waals surface area contributed by atoms with Crippen molar-refractivity contribution in [2.24, 2.45) is 22.7 Å². The first-order valence-electron chi connectivity index (χ1n) is 11.4. The van der Waals surface area contributed by atoms with Crippen molar-refractivity contribution in [1.82, 2.24) is 4.90 Å². The second kappa shape index (κ2) is 7.61. The highest BCUT2D eigenvalue weighted by molar-refractivity contribution is 6.30. The molecule has 5 heteroatoms. The van der Waals surface area contributed by atoms with Crippen LogP contribution < -0.4 is 0 Å². The maximum absolute atomic E-state index is 12.3. The lowest BCUT2D eigenvalue weighted by atomic mass is 9.69. The van der Waals surface area contributed by atoms with Gasteiger partial charge in [-0.2, -0.15) is 0 Å². The van der Waals surface area contributed by atoms with Gasteiger partial charge in [-0.15, -0.1) is 0 Å². The van der Waals surface area contributed by atoms with Crippen molar-refractivity contribution < 1.29 is 9.53 Å². The van der Waals surface area contributed by atoms with E-state index in [1.165, 1.54) is 30.7 Å². The summed E-state index contributed by atoms with van der Waals surface area (Å²) in [5, 5.41) is 0.805. The normalized spacial score (nSPS) is 35.9. The minimum Gasteiger partial charge on any atom is -0.466 e. The molecular formula is C24H31ClN2O2. The number of likely N-dealkylation sites (tertiary alicyclic amines) is 1. The zero-order chi connectivity index (χ0) is 20.0. The first-order chi connectivity index (χ1) is 14.1. The van der Waals surface area contributed by atoms with Crippen LogP contribution >= 0.6 is 11.6 Å². The van der Waals surface area contributed by atoms with Crippen LogP contribution in [0.4, 0.5) is 0 Å². The smallest absolute Gasteiger partial charge is 0.310 e. The Morgan fingerprint density at radius 3 is 2.90 bits per heavy atom. The van der Waals surface area contributed by atoms with Crippen LogP contribution in [-0.4, -0.2) is 41.9 Å². The summed E-state index contributed by atoms with van der Waals surface area (Å²) in [5.41, 5.74) is 1.47. The van der Waals surface area contributed by atoms with Crippen LogP contribution in [0.1, 0.15) is 63.4 Å². The van der Waals surface area contributed by atoms with Crippen LogP contribution in [0, 0.1) is 17.8 Å². The molecule has 1 spiro atoms. The lowest BCUT2D eigenvalue weighted by Gasteiger charge is -2.39. The molecule has 1 aromatic carbocycles. The van der Waals surface area contributed by atoms with E-state index in [4.69, 9.17) is 21.3 Å². The molecule has 2 aliphatic carbocycles. The van der Waals surface area contributed by atoms with Crippen LogP contribution in [0.5, 0.6) is 0 Å². The highest BCUT2D eigenvalue weighted by atomic mass is 35.5. The third-order valence-corrected chi connectivity index (χ3v) is 8.16. The fourth-order valence-corrected chi connectivity index (χ4v) is 6.87. The molecule has 3 fully saturated rings. The summed E-state index contributed by atoms with van der Waals surface area (Å²) in [4.78, 5) is 20.2. The van der Waals surface area contributed by atoms with Crippen LogP contribution in [0.3, 0.4) is 0 Å². The number of rotatable bonds is 3. The van der Waals surface area contributed by atoms with Crippen molar-refractivity contribution in [2.45, 2.75) is 63.3 Å². The van der Waals surface area contributed by atoms with Gasteiger partial charge in [-0.25, -0.2) is 0 Å². The number of halogens is 1. The molecule has 29 heavy (non-hydrogen) atoms. The molecule has 0 radical (unpaired) electrons. The standard InChI is InChI=1S/C24H31ClN2O2/c1-2-29-23(28)18-4-3-13-27(15-18)21-11-12-24(26-21)19-8-5-17(14-19)22(24)16-6-9-20(25)10-7-16/h6-7,9-10,17-19,22H,2-5,8,11-15H2,1H3. The summed E-state index contributed by atoms with van der Waals surface area (Å²) < 4.78 is 5.29. The Labute approximate surface area is 178 Å². The Morgan fingerprint density at radius 2 is 2.10 bits per heavy atom. The van der Waals surface area contributed by atoms with Crippen molar-refractivity contribution in [3.05, 3.63) is 34.9 Å². The van der Waals surface area contributed by atoms with Crippen molar-refractivity contribution >= 4 is 23.4 Å². The van der Waals surface area contributed by atoms with E-state index in [1.54, 1.807) is 0 Å². The molecule has 1 aromatic rings. The second-order valence-corrected chi connectivity index (χ2v) is 9.79. The predicted octanol–water partition coefficient (Wildman–Crippen LogP) is 5.06. The van der Waals surface area contributed by atoms with E-state index in [0.29, 0.717) is 18.4 Å². The van der Waals surface area contributed by atoms with Crippen molar-refractivity contribution in [3.8, 4) is 0 Å². The van der Waals surface area contributed by atoms with Gasteiger partial charge in [0.05, 0.1) is 23.9 Å². The molecule has 0 N–H and O–H groups in total. The Balaban J connectivity index is 1.41. The highest BCUT2D eigenvalue weighted by Gasteiger charge is 2.60. The SMILES string of the molecule is CCOC(=O)C1CCCN(C2=NC3(CC2)C2CCC(C2)C3c2ccc(Cl)cc2)C1. The van der Waals surface area contributed by atoms with Crippen molar-refractivity contribution in [3.63, 3.8) is 0 Å². The number of piperidine rings is 1. The first kappa shape index (κ1) is 19.4. The molecule has 5 atom stereocenters. The third-order valence-electron chi connectivity index (χ3n) is 7.91. The molecule has 2 aliphatic heterocycles. The number of nitrogens with zero attached hydrogens (tertiary/aromatic N) is 2. The number of hydrogen-bond acceptors (Lipinski definition) is 4. The monoisotopic (exact) mass is 414 g/mol. The molecule has 0 aromatic heterocycles. The van der Waals surface area contributed by atoms with Crippen LogP contribution in [0.25, 0.3) is 0 Å². The molecule has 2 bridgehead atoms. The van der Waals surface area contributed by atoms with E-state index in [0.717, 1.165) is 49.7 Å². The van der Waals surface area contributed by atoms with Gasteiger partial charge >= 0.3 is 5.97 Å². The molecular weight excluding hydrogens is 384 g/mol. The summed E-state index contributed by atoms with van der Waals surface area (Å²) in [5.74, 6) is 3.17. The van der Waals surface area contributed by atoms with Crippen molar-refractivity contribution in [2.75, 3.05) is 19.7 Å². The predicted molar refractivity (Wildman–Crippen MR) is 115 cm³/mol. The summed E-state index contributed by atoms with van der Waals surface area (Å²) in [6, 6.07) is 8.51. The van der Waals surface area contributed by atoms with Crippen LogP contribution in [0.15, 0.2) is 29.3 Å². The Morgan fingerprint density at radius 1 is 1.28 bits per heavy atom. The van der Waals surface area contributed by atoms with Gasteiger partial charge in [-0.1, -0.05) is 23.7 Å². The molecule has 4 aliphatic rings. The summed E-state index contributed by atoms with van der Waals surface area (Å²) in [6.45, 7) is 4.14. The van der Waals surface area contributed by atoms with E-state index >= 15 is 0 Å². The van der Waals surface area contributed by atoms with Crippen LogP contribution in [-0.2, 0) is 9.53 Å². The fourth-order valence-electron chi connectivity index (χ4n) is 6.74. The van der Waals surface area contributed by atoms with Gasteiger partial charge in [0.1, 0.15) is 0 Å². The van der Waals surface area contributed by atoms with E-state index in [9.17, 15) is 4.79 Å². The summed E-state index contributed by atoms with van der Waals surface area (Å²) in [6.07, 6.45) is 8.14. The van der Waals surface area contributed by atoms with Gasteiger partial charge in [-0.3, -0.25) is 9.79 Å². The van der Waals surface area contributed by atoms with Crippen molar-refractivity contribution in [1.29, 1.82) is 0 Å². The largest absolute Gasteiger partial charge is 0.466 e. The summed E-state index contributed by atoms with van der Waals surface area (Å²) >= 11 is 6.16. The Hall–Kier alpha value is -1.55. The number of carbonyl (C=O) groups excluding carboxylic acids is 1. The fraction of sp³-hybridized carbons (Fsp3) is 0.667. The number of amidine groups is 1. The maximum atomic E-state index is 12.3. The minimum atomic E-state index is -0.0375. The molecule has 156 valence electrons. The van der Waals surface area contributed by atoms with E-state index in [2.05, 4.69) is 17.0 Å². The number of esters is 1. The number of aliphatic imine (C=N–C) groups is 1. The second-order valence-electron chi connectivity index (χ2n) is 9.36. The molecule has 5 unspecified atom stereocenters. The van der Waals surface area contributed by atoms with Gasteiger partial charge in [0.2, 0.25) is 0 Å². The van der Waals surface area contributed by atoms with Gasteiger partial charge in [0.25, 0.3) is 0 Å². The van der Waals surface area contributed by atoms with E-state index in [1.807, 2.05) is 19.1 Å². The van der Waals surface area contributed by atoms with Gasteiger partial charge in [-0.05, 0) is 75.0 Å². The molecule has 2 heterocycles. The third kappa shape index (κ3) is 3.28. The van der Waals surface area contributed by atoms with Gasteiger partial charge < -0.3 is 9.64 Å². The van der Waals surface area contributed by atoms with Gasteiger partial charge in [0, 0.05) is 30.5 Å². The Bertz CT molecular complexity index is 808. The number of carbonyl (C=O) groups is 1. The minimum absolute atomic E-state index is 0.00459. The molecule has 1 saturated heterocycles. The molecule has 4 nitrogen and oxygen atoms in total.